The molecule has 0 atom stereocenters. The SMILES string of the molecule is COc1cc([N+](=O)[O-])ccc1NC(=O)COC(=O)CCc1ccc(OC)c(OC)c1. The number of nitro groups is 1. The minimum Gasteiger partial charge on any atom is -0.494 e. The number of amides is 1. The lowest BCUT2D eigenvalue weighted by Gasteiger charge is -2.11. The molecule has 0 saturated carbocycles. The number of nitro benzene ring substituents is 1. The summed E-state index contributed by atoms with van der Waals surface area (Å²) in [6.45, 7) is -0.495. The summed E-state index contributed by atoms with van der Waals surface area (Å²) in [4.78, 5) is 34.2. The third-order valence-electron chi connectivity index (χ3n) is 4.10. The number of nitrogens with zero attached hydrogens (tertiary/aromatic N) is 1. The molecule has 2 aromatic rings. The Hall–Kier alpha value is -3.82. The second-order valence-corrected chi connectivity index (χ2v) is 6.04. The lowest BCUT2D eigenvalue weighted by molar-refractivity contribution is -0.384. The van der Waals surface area contributed by atoms with Crippen LogP contribution in [0.3, 0.4) is 0 Å². The molecule has 0 spiro atoms. The molecular weight excluding hydrogens is 396 g/mol. The van der Waals surface area contributed by atoms with Crippen molar-refractivity contribution < 1.29 is 33.5 Å². The highest BCUT2D eigenvalue weighted by atomic mass is 16.6. The fraction of sp³-hybridized carbons (Fsp3) is 0.300. The summed E-state index contributed by atoms with van der Waals surface area (Å²) >= 11 is 0. The maximum absolute atomic E-state index is 12.0. The molecular formula is C20H22N2O8. The van der Waals surface area contributed by atoms with Gasteiger partial charge in [-0.25, -0.2) is 0 Å². The molecule has 0 saturated heterocycles. The minimum absolute atomic E-state index is 0.0730. The number of non-ortho nitro benzene ring substituents is 1. The number of carbonyl (C=O) groups excluding carboxylic acids is 2. The van der Waals surface area contributed by atoms with Gasteiger partial charge in [-0.3, -0.25) is 19.7 Å². The zero-order valence-electron chi connectivity index (χ0n) is 16.8. The predicted octanol–water partition coefficient (Wildman–Crippen LogP) is 2.74. The highest BCUT2D eigenvalue weighted by molar-refractivity contribution is 5.94. The summed E-state index contributed by atoms with van der Waals surface area (Å²) in [5.41, 5.74) is 0.908. The van der Waals surface area contributed by atoms with Gasteiger partial charge >= 0.3 is 5.97 Å². The molecule has 0 unspecified atom stereocenters. The molecule has 0 aliphatic rings. The Morgan fingerprint density at radius 1 is 0.967 bits per heavy atom. The normalized spacial score (nSPS) is 10.1. The van der Waals surface area contributed by atoms with Gasteiger partial charge in [-0.05, 0) is 30.2 Å². The smallest absolute Gasteiger partial charge is 0.306 e. The monoisotopic (exact) mass is 418 g/mol. The number of aryl methyl sites for hydroxylation is 1. The molecule has 0 aromatic heterocycles. The zero-order valence-corrected chi connectivity index (χ0v) is 16.8. The van der Waals surface area contributed by atoms with Gasteiger partial charge in [-0.15, -0.1) is 0 Å². The zero-order chi connectivity index (χ0) is 22.1. The van der Waals surface area contributed by atoms with Crippen LogP contribution in [0.25, 0.3) is 0 Å². The maximum Gasteiger partial charge on any atom is 0.306 e. The molecule has 2 rings (SSSR count). The molecule has 0 heterocycles. The highest BCUT2D eigenvalue weighted by Crippen LogP contribution is 2.29. The van der Waals surface area contributed by atoms with E-state index in [1.54, 1.807) is 12.1 Å². The van der Waals surface area contributed by atoms with E-state index in [1.807, 2.05) is 6.07 Å². The molecule has 0 aliphatic carbocycles. The third-order valence-corrected chi connectivity index (χ3v) is 4.10. The van der Waals surface area contributed by atoms with E-state index < -0.39 is 23.4 Å². The number of methoxy groups -OCH3 is 3. The summed E-state index contributed by atoms with van der Waals surface area (Å²) in [5.74, 6) is 0.122. The highest BCUT2D eigenvalue weighted by Gasteiger charge is 2.15. The van der Waals surface area contributed by atoms with Crippen molar-refractivity contribution in [3.63, 3.8) is 0 Å². The van der Waals surface area contributed by atoms with Crippen LogP contribution < -0.4 is 19.5 Å². The molecule has 2 aromatic carbocycles. The molecule has 160 valence electrons. The Morgan fingerprint density at radius 2 is 1.67 bits per heavy atom. The van der Waals surface area contributed by atoms with Gasteiger partial charge in [0.1, 0.15) is 5.75 Å². The van der Waals surface area contributed by atoms with Crippen LogP contribution in [-0.4, -0.2) is 44.7 Å². The molecule has 0 fully saturated rings. The second kappa shape index (κ2) is 10.6. The van der Waals surface area contributed by atoms with Gasteiger partial charge < -0.3 is 24.3 Å². The van der Waals surface area contributed by atoms with E-state index >= 15 is 0 Å². The molecule has 1 N–H and O–H groups in total. The van der Waals surface area contributed by atoms with Crippen molar-refractivity contribution in [1.82, 2.24) is 0 Å². The van der Waals surface area contributed by atoms with Crippen LogP contribution in [0.4, 0.5) is 11.4 Å². The number of anilines is 1. The molecule has 0 bridgehead atoms. The minimum atomic E-state index is -0.596. The van der Waals surface area contributed by atoms with Gasteiger partial charge in [0.05, 0.1) is 38.0 Å². The van der Waals surface area contributed by atoms with Gasteiger partial charge in [-0.1, -0.05) is 6.07 Å². The third kappa shape index (κ3) is 6.09. The Kier molecular flexibility index (Phi) is 7.98. The van der Waals surface area contributed by atoms with E-state index in [2.05, 4.69) is 5.32 Å². The molecule has 0 aliphatic heterocycles. The van der Waals surface area contributed by atoms with Gasteiger partial charge in [0, 0.05) is 12.5 Å². The van der Waals surface area contributed by atoms with Gasteiger partial charge in [0.2, 0.25) is 0 Å². The van der Waals surface area contributed by atoms with Gasteiger partial charge in [-0.2, -0.15) is 0 Å². The van der Waals surface area contributed by atoms with Crippen LogP contribution in [0, 0.1) is 10.1 Å². The molecule has 10 nitrogen and oxygen atoms in total. The predicted molar refractivity (Wildman–Crippen MR) is 107 cm³/mol. The Balaban J connectivity index is 1.85. The van der Waals surface area contributed by atoms with E-state index in [-0.39, 0.29) is 23.5 Å². The van der Waals surface area contributed by atoms with E-state index in [0.29, 0.717) is 17.9 Å². The van der Waals surface area contributed by atoms with Crippen LogP contribution >= 0.6 is 0 Å². The van der Waals surface area contributed by atoms with Crippen LogP contribution in [-0.2, 0) is 20.7 Å². The van der Waals surface area contributed by atoms with Gasteiger partial charge in [0.25, 0.3) is 11.6 Å². The Bertz CT molecular complexity index is 929. The molecule has 10 heteroatoms. The quantitative estimate of drug-likeness (QED) is 0.355. The Morgan fingerprint density at radius 3 is 2.30 bits per heavy atom. The fourth-order valence-electron chi connectivity index (χ4n) is 2.58. The van der Waals surface area contributed by atoms with E-state index in [1.165, 1.54) is 39.5 Å². The molecule has 30 heavy (non-hydrogen) atoms. The average Bonchev–Trinajstić information content (AvgIpc) is 2.75. The van der Waals surface area contributed by atoms with Crippen molar-refractivity contribution in [2.24, 2.45) is 0 Å². The lowest BCUT2D eigenvalue weighted by atomic mass is 10.1. The number of esters is 1. The first-order valence-corrected chi connectivity index (χ1v) is 8.86. The first-order valence-electron chi connectivity index (χ1n) is 8.86. The average molecular weight is 418 g/mol. The lowest BCUT2D eigenvalue weighted by Crippen LogP contribution is -2.21. The van der Waals surface area contributed by atoms with Crippen molar-refractivity contribution in [3.05, 3.63) is 52.1 Å². The van der Waals surface area contributed by atoms with Crippen LogP contribution in [0.1, 0.15) is 12.0 Å². The first-order chi connectivity index (χ1) is 14.4. The summed E-state index contributed by atoms with van der Waals surface area (Å²) in [7, 11) is 4.38. The van der Waals surface area contributed by atoms with Crippen LogP contribution in [0.2, 0.25) is 0 Å². The van der Waals surface area contributed by atoms with E-state index in [9.17, 15) is 19.7 Å². The number of nitrogens with one attached hydrogen (secondary N) is 1. The summed E-state index contributed by atoms with van der Waals surface area (Å²) < 4.78 is 20.4. The number of hydrogen-bond donors (Lipinski definition) is 1. The number of benzene rings is 2. The first kappa shape index (κ1) is 22.5. The van der Waals surface area contributed by atoms with Crippen LogP contribution in [0.15, 0.2) is 36.4 Å². The number of rotatable bonds is 10. The van der Waals surface area contributed by atoms with Crippen molar-refractivity contribution in [2.45, 2.75) is 12.8 Å². The summed E-state index contributed by atoms with van der Waals surface area (Å²) in [5, 5.41) is 13.3. The number of ether oxygens (including phenoxy) is 4. The number of hydrogen-bond acceptors (Lipinski definition) is 8. The van der Waals surface area contributed by atoms with Gasteiger partial charge in [0.15, 0.2) is 18.1 Å². The molecule has 0 radical (unpaired) electrons. The topological polar surface area (TPSA) is 126 Å². The van der Waals surface area contributed by atoms with E-state index in [4.69, 9.17) is 18.9 Å². The summed E-state index contributed by atoms with van der Waals surface area (Å²) in [6, 6.07) is 9.07. The standard InChI is InChI=1S/C20H22N2O8/c1-27-16-8-4-13(10-18(16)29-3)5-9-20(24)30-12-19(23)21-15-7-6-14(22(25)26)11-17(15)28-2/h4,6-8,10-11H,5,9,12H2,1-3H3,(H,21,23). The Labute approximate surface area is 172 Å². The van der Waals surface area contributed by atoms with E-state index in [0.717, 1.165) is 5.56 Å². The van der Waals surface area contributed by atoms with Crippen molar-refractivity contribution in [3.8, 4) is 17.2 Å². The largest absolute Gasteiger partial charge is 0.494 e. The maximum atomic E-state index is 12.0. The molecule has 1 amide bonds. The number of carbonyl (C=O) groups is 2. The summed E-state index contributed by atoms with van der Waals surface area (Å²) in [6.07, 6.45) is 0.473. The van der Waals surface area contributed by atoms with Crippen molar-refractivity contribution in [2.75, 3.05) is 33.3 Å². The van der Waals surface area contributed by atoms with Crippen molar-refractivity contribution in [1.29, 1.82) is 0 Å². The van der Waals surface area contributed by atoms with Crippen molar-refractivity contribution >= 4 is 23.3 Å². The second-order valence-electron chi connectivity index (χ2n) is 6.04. The fourth-order valence-corrected chi connectivity index (χ4v) is 2.58. The van der Waals surface area contributed by atoms with Crippen LogP contribution in [0.5, 0.6) is 17.2 Å².